The molecular formula is C47H81BrN4O12S. The van der Waals surface area contributed by atoms with Gasteiger partial charge < -0.3 is 69.5 Å². The lowest BCUT2D eigenvalue weighted by Gasteiger charge is -2.48. The summed E-state index contributed by atoms with van der Waals surface area (Å²) in [6, 6.07) is 6.74. The fourth-order valence-corrected chi connectivity index (χ4v) is 10.6. The molecule has 18 heteroatoms. The second kappa shape index (κ2) is 23.8. The summed E-state index contributed by atoms with van der Waals surface area (Å²) in [5.41, 5.74) is -3.72. The Hall–Kier alpha value is -1.62. The Bertz CT molecular complexity index is 1660. The maximum absolute atomic E-state index is 14.5. The van der Waals surface area contributed by atoms with Crippen LogP contribution in [0.1, 0.15) is 101 Å². The van der Waals surface area contributed by atoms with Gasteiger partial charge in [0.25, 0.3) is 0 Å². The minimum Gasteiger partial charge on any atom is -0.459 e. The van der Waals surface area contributed by atoms with Gasteiger partial charge in [-0.2, -0.15) is 0 Å². The van der Waals surface area contributed by atoms with E-state index in [1.807, 2.05) is 71.0 Å². The van der Waals surface area contributed by atoms with E-state index in [0.29, 0.717) is 37.6 Å². The molecule has 3 aliphatic heterocycles. The van der Waals surface area contributed by atoms with E-state index in [2.05, 4.69) is 31.5 Å². The Morgan fingerprint density at radius 3 is 2.23 bits per heavy atom. The molecule has 0 saturated carbocycles. The molecule has 0 bridgehead atoms. The zero-order valence-electron chi connectivity index (χ0n) is 40.9. The maximum Gasteiger partial charge on any atom is 0.311 e. The lowest BCUT2D eigenvalue weighted by molar-refractivity contribution is -0.318. The molecule has 0 aliphatic carbocycles. The van der Waals surface area contributed by atoms with Crippen LogP contribution < -0.4 is 10.6 Å². The molecule has 3 fully saturated rings. The number of cyclic esters (lactones) is 1. The summed E-state index contributed by atoms with van der Waals surface area (Å²) < 4.78 is 39.0. The Labute approximate surface area is 401 Å². The Balaban J connectivity index is 1.74. The van der Waals surface area contributed by atoms with Crippen LogP contribution in [-0.4, -0.2) is 178 Å². The van der Waals surface area contributed by atoms with Crippen molar-refractivity contribution in [2.75, 3.05) is 46.2 Å². The first-order valence-electron chi connectivity index (χ1n) is 23.3. The van der Waals surface area contributed by atoms with Crippen LogP contribution in [0.5, 0.6) is 0 Å². The van der Waals surface area contributed by atoms with Crippen molar-refractivity contribution in [2.24, 2.45) is 17.8 Å². The van der Waals surface area contributed by atoms with Crippen molar-refractivity contribution in [3.05, 3.63) is 28.7 Å². The molecule has 16 nitrogen and oxygen atoms in total. The normalized spacial score (nSPS) is 41.8. The fraction of sp³-hybridized carbons (Fsp3) is 0.830. The van der Waals surface area contributed by atoms with Crippen LogP contribution in [0.3, 0.4) is 0 Å². The zero-order chi connectivity index (χ0) is 48.8. The van der Waals surface area contributed by atoms with Gasteiger partial charge in [0.05, 0.1) is 41.5 Å². The van der Waals surface area contributed by atoms with E-state index in [4.69, 9.17) is 40.6 Å². The number of halogens is 1. The van der Waals surface area contributed by atoms with E-state index in [-0.39, 0.29) is 37.3 Å². The van der Waals surface area contributed by atoms with Crippen LogP contribution in [0, 0.1) is 17.8 Å². The Morgan fingerprint density at radius 2 is 1.63 bits per heavy atom. The Morgan fingerprint density at radius 1 is 0.985 bits per heavy atom. The van der Waals surface area contributed by atoms with Gasteiger partial charge in [-0.15, -0.1) is 0 Å². The van der Waals surface area contributed by atoms with Crippen LogP contribution in [-0.2, 0) is 33.2 Å². The summed E-state index contributed by atoms with van der Waals surface area (Å²) in [4.78, 5) is 18.5. The molecule has 0 spiro atoms. The second-order valence-electron chi connectivity index (χ2n) is 20.0. The topological polar surface area (TPSA) is 204 Å². The van der Waals surface area contributed by atoms with Gasteiger partial charge in [-0.1, -0.05) is 36.7 Å². The average molecular weight is 1010 g/mol. The van der Waals surface area contributed by atoms with Gasteiger partial charge in [0.2, 0.25) is 0 Å². The largest absolute Gasteiger partial charge is 0.459 e. The second-order valence-corrected chi connectivity index (χ2v) is 21.3. The monoisotopic (exact) mass is 1000 g/mol. The van der Waals surface area contributed by atoms with E-state index >= 15 is 0 Å². The smallest absolute Gasteiger partial charge is 0.311 e. The van der Waals surface area contributed by atoms with Gasteiger partial charge in [0, 0.05) is 61.3 Å². The molecule has 3 heterocycles. The molecule has 4 rings (SSSR count). The number of aliphatic hydroxyl groups excluding tert-OH is 3. The first-order valence-corrected chi connectivity index (χ1v) is 24.5. The molecule has 3 aliphatic rings. The van der Waals surface area contributed by atoms with Crippen molar-refractivity contribution < 1.29 is 58.7 Å². The van der Waals surface area contributed by atoms with E-state index in [1.165, 1.54) is 14.0 Å². The van der Waals surface area contributed by atoms with E-state index in [1.54, 1.807) is 34.6 Å². The molecule has 7 N–H and O–H groups in total. The number of carbonyl (C=O) groups excluding carboxylic acids is 1. The molecule has 65 heavy (non-hydrogen) atoms. The third kappa shape index (κ3) is 14.2. The summed E-state index contributed by atoms with van der Waals surface area (Å²) >= 11 is 9.02. The molecule has 1 aromatic rings. The number of methoxy groups -OCH3 is 1. The number of ether oxygens (including phenoxy) is 6. The number of benzene rings is 1. The van der Waals surface area contributed by atoms with Crippen LogP contribution in [0.15, 0.2) is 28.7 Å². The fourth-order valence-electron chi connectivity index (χ4n) is 10.1. The minimum atomic E-state index is -1.88. The van der Waals surface area contributed by atoms with E-state index in [9.17, 15) is 30.3 Å². The van der Waals surface area contributed by atoms with Crippen LogP contribution in [0.25, 0.3) is 0 Å². The number of anilines is 1. The number of hydrogen-bond acceptors (Lipinski definition) is 15. The number of hydrogen-bond donors (Lipinski definition) is 7. The van der Waals surface area contributed by atoms with Gasteiger partial charge in [-0.3, -0.25) is 9.69 Å². The summed E-state index contributed by atoms with van der Waals surface area (Å²) in [6.45, 7) is 19.1. The zero-order valence-corrected chi connectivity index (χ0v) is 43.3. The number of likely N-dealkylation sites (N-methyl/N-ethyl adjacent to an activating group) is 1. The molecule has 3 saturated heterocycles. The highest BCUT2D eigenvalue weighted by atomic mass is 79.9. The highest BCUT2D eigenvalue weighted by Crippen LogP contribution is 2.40. The van der Waals surface area contributed by atoms with Gasteiger partial charge in [-0.05, 0) is 131 Å². The summed E-state index contributed by atoms with van der Waals surface area (Å²) in [5.74, 6) is -2.78. The molecule has 1 aromatic carbocycles. The summed E-state index contributed by atoms with van der Waals surface area (Å²) in [6.07, 6.45) is -8.14. The highest BCUT2D eigenvalue weighted by molar-refractivity contribution is 9.10. The van der Waals surface area contributed by atoms with Gasteiger partial charge >= 0.3 is 5.97 Å². The quantitative estimate of drug-likeness (QED) is 0.0881. The number of rotatable bonds is 12. The summed E-state index contributed by atoms with van der Waals surface area (Å²) in [5, 5.41) is 66.8. The molecule has 374 valence electrons. The maximum atomic E-state index is 14.5. The van der Waals surface area contributed by atoms with Gasteiger partial charge in [0.1, 0.15) is 30.0 Å². The van der Waals surface area contributed by atoms with Crippen molar-refractivity contribution in [1.82, 2.24) is 15.1 Å². The highest BCUT2D eigenvalue weighted by Gasteiger charge is 2.53. The van der Waals surface area contributed by atoms with Crippen LogP contribution in [0.2, 0.25) is 0 Å². The van der Waals surface area contributed by atoms with Crippen LogP contribution in [0.4, 0.5) is 5.69 Å². The molecule has 0 unspecified atom stereocenters. The molecule has 0 aromatic heterocycles. The SMILES string of the molecule is CC[C@H]1OC(=O)[C@H](C)[C@@H](O[C@H]2C[C@@](C)(OC)[C@@H](O)[C@H](C)O2)[C@H](C)[C@@H](O[C@@H]2O[C@H](C)C[C@H](N(C)C)[C@H]2O)[C@](C)(O)C[C@@H](C)CN(CCCNC(=S)Nc2ccc(Br)cc2)[C@H](C)[C@@H](O)[C@]1(C)O. The number of carbonyl (C=O) groups is 1. The standard InChI is InChI=1S/C47H81BrN4O12S/c1-14-35-47(10,58)39(54)30(6)52(21-15-20-49-44(65)50-33-18-16-32(48)17-19-33)25-26(2)23-45(8,57)41(64-43-37(53)34(51(11)12)22-27(3)60-43)28(4)38(29(5)42(56)62-35)63-36-24-46(9,59-13)40(55)31(7)61-36/h16-19,26-31,34-41,43,53-55,57-58H,14-15,20-25H2,1-13H3,(H2,49,50,65)/t26-,27-,28+,29-,30-,31+,34+,35-,36+,37-,38+,39-,40+,41-,43+,45-,46-,47-/m1/s1. The number of nitrogens with zero attached hydrogens (tertiary/aromatic N) is 2. The number of aliphatic hydroxyl groups is 5. The van der Waals surface area contributed by atoms with Crippen molar-refractivity contribution in [2.45, 2.75) is 192 Å². The molecular weight excluding hydrogens is 925 g/mol. The van der Waals surface area contributed by atoms with Crippen molar-refractivity contribution in [1.29, 1.82) is 0 Å². The number of esters is 1. The van der Waals surface area contributed by atoms with Gasteiger partial charge in [-0.25, -0.2) is 0 Å². The third-order valence-corrected chi connectivity index (χ3v) is 14.8. The molecule has 18 atom stereocenters. The summed E-state index contributed by atoms with van der Waals surface area (Å²) in [7, 11) is 5.28. The minimum absolute atomic E-state index is 0.112. The number of thiocarbonyl (C=S) groups is 1. The Kier molecular flexibility index (Phi) is 20.5. The first kappa shape index (κ1) is 56.0. The van der Waals surface area contributed by atoms with Gasteiger partial charge in [0.15, 0.2) is 17.7 Å². The first-order chi connectivity index (χ1) is 30.3. The molecule has 0 amide bonds. The molecule has 0 radical (unpaired) electrons. The lowest BCUT2D eigenvalue weighted by Crippen LogP contribution is -2.60. The van der Waals surface area contributed by atoms with Crippen molar-refractivity contribution in [3.63, 3.8) is 0 Å². The van der Waals surface area contributed by atoms with Crippen LogP contribution >= 0.6 is 28.1 Å². The number of nitrogens with one attached hydrogen (secondary N) is 2. The van der Waals surface area contributed by atoms with E-state index in [0.717, 1.165) is 10.2 Å². The van der Waals surface area contributed by atoms with Crippen molar-refractivity contribution in [3.8, 4) is 0 Å². The van der Waals surface area contributed by atoms with E-state index < -0.39 is 96.0 Å². The predicted molar refractivity (Wildman–Crippen MR) is 256 cm³/mol. The predicted octanol–water partition coefficient (Wildman–Crippen LogP) is 4.41. The lowest BCUT2D eigenvalue weighted by atomic mass is 9.77. The van der Waals surface area contributed by atoms with Crippen molar-refractivity contribution >= 4 is 44.9 Å². The average Bonchev–Trinajstić information content (AvgIpc) is 3.23. The third-order valence-electron chi connectivity index (χ3n) is 14.0.